The number of fused-ring (bicyclic) bond motifs is 1. The van der Waals surface area contributed by atoms with E-state index in [0.29, 0.717) is 30.2 Å². The van der Waals surface area contributed by atoms with Crippen molar-refractivity contribution < 1.29 is 19.0 Å². The Hall–Kier alpha value is -2.27. The number of ether oxygens (including phenoxy) is 2. The zero-order chi connectivity index (χ0) is 16.4. The predicted molar refractivity (Wildman–Crippen MR) is 87.2 cm³/mol. The van der Waals surface area contributed by atoms with E-state index in [1.165, 1.54) is 6.08 Å². The lowest BCUT2D eigenvalue weighted by Crippen LogP contribution is -2.35. The van der Waals surface area contributed by atoms with Crippen LogP contribution in [0.5, 0.6) is 0 Å². The van der Waals surface area contributed by atoms with Crippen molar-refractivity contribution in [1.29, 1.82) is 0 Å². The molecule has 0 saturated carbocycles. The van der Waals surface area contributed by atoms with Crippen LogP contribution in [0.25, 0.3) is 18.7 Å². The summed E-state index contributed by atoms with van der Waals surface area (Å²) in [6, 6.07) is 0. The van der Waals surface area contributed by atoms with Crippen molar-refractivity contribution in [1.82, 2.24) is 0 Å². The highest BCUT2D eigenvalue weighted by atomic mass is 16.5. The van der Waals surface area contributed by atoms with E-state index in [4.69, 9.17) is 13.9 Å². The smallest absolute Gasteiger partial charge is 0.343 e. The highest BCUT2D eigenvalue weighted by Gasteiger charge is 2.21. The van der Waals surface area contributed by atoms with E-state index in [2.05, 4.69) is 13.2 Å². The minimum atomic E-state index is -0.458. The first-order valence-electron chi connectivity index (χ1n) is 7.74. The van der Waals surface area contributed by atoms with Crippen LogP contribution in [-0.2, 0) is 15.9 Å². The summed E-state index contributed by atoms with van der Waals surface area (Å²) < 4.78 is 16.6. The second kappa shape index (κ2) is 6.46. The molecule has 0 radical (unpaired) electrons. The Kier molecular flexibility index (Phi) is 4.39. The van der Waals surface area contributed by atoms with Gasteiger partial charge in [0.1, 0.15) is 17.3 Å². The van der Waals surface area contributed by atoms with Gasteiger partial charge < -0.3 is 19.0 Å². The fraction of sp³-hybridized carbons (Fsp3) is 0.389. The van der Waals surface area contributed by atoms with Crippen molar-refractivity contribution in [2.24, 2.45) is 0 Å². The number of allylic oxidation sites excluding steroid dienone is 2. The van der Waals surface area contributed by atoms with Gasteiger partial charge in [0.25, 0.3) is 0 Å². The summed E-state index contributed by atoms with van der Waals surface area (Å²) in [6.45, 7) is 8.71. The molecule has 0 amide bonds. The molecule has 0 spiro atoms. The molecular weight excluding hydrogens is 296 g/mol. The first kappa shape index (κ1) is 15.6. The van der Waals surface area contributed by atoms with Gasteiger partial charge >= 0.3 is 5.63 Å². The molecule has 5 nitrogen and oxygen atoms in total. The minimum Gasteiger partial charge on any atom is -0.508 e. The Morgan fingerprint density at radius 1 is 1.43 bits per heavy atom. The maximum Gasteiger partial charge on any atom is 0.343 e. The Labute approximate surface area is 133 Å². The molecule has 2 heterocycles. The molecule has 23 heavy (non-hydrogen) atoms. The fourth-order valence-corrected chi connectivity index (χ4v) is 2.94. The van der Waals surface area contributed by atoms with Gasteiger partial charge in [0.2, 0.25) is 0 Å². The van der Waals surface area contributed by atoms with E-state index in [0.717, 1.165) is 30.8 Å². The minimum absolute atomic E-state index is 0.0492. The molecule has 1 saturated heterocycles. The van der Waals surface area contributed by atoms with E-state index >= 15 is 0 Å². The quantitative estimate of drug-likeness (QED) is 0.853. The van der Waals surface area contributed by atoms with Crippen LogP contribution in [0, 0.1) is 0 Å². The zero-order valence-corrected chi connectivity index (χ0v) is 13.0. The molecule has 122 valence electrons. The van der Waals surface area contributed by atoms with Crippen LogP contribution in [0.4, 0.5) is 0 Å². The van der Waals surface area contributed by atoms with Crippen molar-refractivity contribution in [3.05, 3.63) is 50.3 Å². The van der Waals surface area contributed by atoms with Crippen LogP contribution in [-0.4, -0.2) is 24.4 Å². The third-order valence-electron chi connectivity index (χ3n) is 4.07. The van der Waals surface area contributed by atoms with Gasteiger partial charge in [0, 0.05) is 24.3 Å². The summed E-state index contributed by atoms with van der Waals surface area (Å²) in [5.41, 5.74) is 1.11. The Bertz CT molecular complexity index is 809. The van der Waals surface area contributed by atoms with Gasteiger partial charge in [-0.2, -0.15) is 0 Å². The molecule has 2 aliphatic rings. The normalized spacial score (nSPS) is 21.5. The zero-order valence-electron chi connectivity index (χ0n) is 13.0. The standard InChI is InChI=1S/C18H20O5/c1-11(19)8-17-12(2)15-6-5-13(9-16(15)18(20)23-17)22-14-4-3-7-21-10-14/h8-9,14,19H,1-7,10H2/b17-8+. The summed E-state index contributed by atoms with van der Waals surface area (Å²) in [5, 5.41) is 9.87. The Morgan fingerprint density at radius 2 is 2.26 bits per heavy atom. The molecule has 0 aromatic carbocycles. The van der Waals surface area contributed by atoms with Crippen molar-refractivity contribution in [2.45, 2.75) is 31.8 Å². The molecule has 1 N–H and O–H groups in total. The summed E-state index contributed by atoms with van der Waals surface area (Å²) in [6.07, 6.45) is 6.40. The van der Waals surface area contributed by atoms with E-state index in [9.17, 15) is 9.90 Å². The molecule has 1 aliphatic carbocycles. The SMILES string of the molecule is C=C(O)/C=c1/oc(=O)c2c(c1=C)CCC(OC1CCCOC1)=C2. The van der Waals surface area contributed by atoms with Crippen molar-refractivity contribution in [2.75, 3.05) is 13.2 Å². The van der Waals surface area contributed by atoms with Crippen LogP contribution in [0.1, 0.15) is 30.4 Å². The van der Waals surface area contributed by atoms with Gasteiger partial charge in [-0.15, -0.1) is 0 Å². The van der Waals surface area contributed by atoms with Gasteiger partial charge in [-0.05, 0) is 30.9 Å². The van der Waals surface area contributed by atoms with E-state index < -0.39 is 5.63 Å². The maximum absolute atomic E-state index is 12.2. The van der Waals surface area contributed by atoms with Crippen LogP contribution >= 0.6 is 0 Å². The van der Waals surface area contributed by atoms with Crippen LogP contribution < -0.4 is 16.3 Å². The second-order valence-corrected chi connectivity index (χ2v) is 5.83. The van der Waals surface area contributed by atoms with Crippen LogP contribution in [0.3, 0.4) is 0 Å². The summed E-state index contributed by atoms with van der Waals surface area (Å²) in [7, 11) is 0. The maximum atomic E-state index is 12.2. The second-order valence-electron chi connectivity index (χ2n) is 5.83. The third-order valence-corrected chi connectivity index (χ3v) is 4.07. The summed E-state index contributed by atoms with van der Waals surface area (Å²) in [5.74, 6) is 0.605. The molecule has 0 bridgehead atoms. The lowest BCUT2D eigenvalue weighted by atomic mass is 9.96. The van der Waals surface area contributed by atoms with Gasteiger partial charge in [-0.3, -0.25) is 0 Å². The van der Waals surface area contributed by atoms with Crippen LogP contribution in [0.2, 0.25) is 0 Å². The van der Waals surface area contributed by atoms with Crippen molar-refractivity contribution in [3.63, 3.8) is 0 Å². The molecule has 1 fully saturated rings. The lowest BCUT2D eigenvalue weighted by Gasteiger charge is -2.26. The molecular formula is C18H20O5. The van der Waals surface area contributed by atoms with Gasteiger partial charge in [0.05, 0.1) is 17.9 Å². The molecule has 1 aromatic heterocycles. The average molecular weight is 316 g/mol. The first-order valence-corrected chi connectivity index (χ1v) is 7.74. The number of hydrogen-bond acceptors (Lipinski definition) is 5. The topological polar surface area (TPSA) is 68.9 Å². The molecule has 1 unspecified atom stereocenters. The molecule has 1 atom stereocenters. The van der Waals surface area contributed by atoms with Crippen LogP contribution in [0.15, 0.2) is 27.3 Å². The predicted octanol–water partition coefficient (Wildman–Crippen LogP) is 1.38. The Balaban J connectivity index is 1.94. The summed E-state index contributed by atoms with van der Waals surface area (Å²) >= 11 is 0. The fourth-order valence-electron chi connectivity index (χ4n) is 2.94. The highest BCUT2D eigenvalue weighted by molar-refractivity contribution is 5.57. The third kappa shape index (κ3) is 3.40. The Morgan fingerprint density at radius 3 is 2.96 bits per heavy atom. The number of aliphatic hydroxyl groups is 1. The first-order chi connectivity index (χ1) is 11.0. The van der Waals surface area contributed by atoms with Gasteiger partial charge in [0.15, 0.2) is 0 Å². The molecule has 3 rings (SSSR count). The highest BCUT2D eigenvalue weighted by Crippen LogP contribution is 2.23. The molecule has 5 heteroatoms. The molecule has 1 aliphatic heterocycles. The van der Waals surface area contributed by atoms with E-state index in [1.54, 1.807) is 6.08 Å². The monoisotopic (exact) mass is 316 g/mol. The largest absolute Gasteiger partial charge is 0.508 e. The average Bonchev–Trinajstić information content (AvgIpc) is 2.53. The van der Waals surface area contributed by atoms with E-state index in [-0.39, 0.29) is 17.3 Å². The van der Waals surface area contributed by atoms with Gasteiger partial charge in [-0.1, -0.05) is 13.2 Å². The molecule has 1 aromatic rings. The number of rotatable bonds is 3. The van der Waals surface area contributed by atoms with Crippen molar-refractivity contribution >= 4 is 18.7 Å². The number of aliphatic hydroxyl groups excluding tert-OH is 1. The lowest BCUT2D eigenvalue weighted by molar-refractivity contribution is -0.0244. The van der Waals surface area contributed by atoms with Crippen molar-refractivity contribution in [3.8, 4) is 0 Å². The van der Waals surface area contributed by atoms with Gasteiger partial charge in [-0.25, -0.2) is 4.79 Å². The van der Waals surface area contributed by atoms with E-state index in [1.807, 2.05) is 0 Å². The number of hydrogen-bond donors (Lipinski definition) is 1. The summed E-state index contributed by atoms with van der Waals surface area (Å²) in [4.78, 5) is 12.2.